The second-order valence-corrected chi connectivity index (χ2v) is 21.1. The Bertz CT molecular complexity index is 4570. The van der Waals surface area contributed by atoms with Gasteiger partial charge in [0, 0.05) is 44.8 Å². The molecule has 0 fully saturated rings. The van der Waals surface area contributed by atoms with Gasteiger partial charge in [0.05, 0.1) is 54.0 Å². The number of nitrogens with zero attached hydrogens (tertiary/aromatic N) is 8. The van der Waals surface area contributed by atoms with Gasteiger partial charge in [0.2, 0.25) is 0 Å². The summed E-state index contributed by atoms with van der Waals surface area (Å²) < 4.78 is 158. The predicted molar refractivity (Wildman–Crippen MR) is 257 cm³/mol. The molecule has 2 amide bonds. The van der Waals surface area contributed by atoms with Gasteiger partial charge < -0.3 is 51.6 Å². The first-order valence-corrected chi connectivity index (χ1v) is 26.6. The zero-order valence-corrected chi connectivity index (χ0v) is 44.7. The molecule has 10 rings (SSSR count). The van der Waals surface area contributed by atoms with E-state index in [1.807, 2.05) is 0 Å². The van der Waals surface area contributed by atoms with E-state index in [1.165, 1.54) is 36.4 Å². The predicted octanol–water partition coefficient (Wildman–Crippen LogP) is 2.21. The van der Waals surface area contributed by atoms with Crippen LogP contribution in [0.4, 0.5) is 4.79 Å². The second kappa shape index (κ2) is 21.7. The van der Waals surface area contributed by atoms with Crippen LogP contribution in [0.5, 0.6) is 0 Å². The number of primary amides is 2. The summed E-state index contributed by atoms with van der Waals surface area (Å²) in [5, 5.41) is 18.7. The standard InChI is InChI=1S/C32H16N8O9S3.C8H6O7S.CH4N2O.O3S.Zn/c41-50(42,43)14-5-8-19-22(11-14)31-36-27(19)34-25-17-3-1-2-4-18(17)26(33-25)35-30-23-12-15(51(44,45)46)6-9-20(23)28(37-30)39-32-24-13-16(52(47,48)49)7-10-21(24)29(38-31)40-32;9-7(10)5-2-1-4(16(13,14)15)3-6(5)8(11)12;2-1(3)4;1-4(2)3;/h1-13H,(H3-2,33,34,35,36,37,38,39,40,41,42,43,44,45,46,47,48,49);1-3H,(H,9,10)(H,11,12)(H,13,14,15);(H4,2,3,4);;/q-2;;;;+2. The molecule has 0 saturated carbocycles. The largest absolute Gasteiger partial charge is 2.00 e. The summed E-state index contributed by atoms with van der Waals surface area (Å²) in [7, 11) is -21.7. The van der Waals surface area contributed by atoms with E-state index in [0.29, 0.717) is 22.4 Å². The number of benzene rings is 5. The van der Waals surface area contributed by atoms with Gasteiger partial charge >= 0.3 is 48.1 Å². The summed E-state index contributed by atoms with van der Waals surface area (Å²) in [4.78, 5) is 65.2. The molecule has 8 bridgehead atoms. The van der Waals surface area contributed by atoms with Crippen LogP contribution in [0.25, 0.3) is 89.7 Å². The van der Waals surface area contributed by atoms with E-state index >= 15 is 0 Å². The third kappa shape index (κ3) is 12.8. The number of rotatable bonds is 6. The molecule has 0 unspecified atom stereocenters. The van der Waals surface area contributed by atoms with Crippen LogP contribution in [0.1, 0.15) is 20.7 Å². The van der Waals surface area contributed by atoms with Gasteiger partial charge in [-0.25, -0.2) is 24.4 Å². The molecule has 3 aromatic heterocycles. The molecule has 36 heteroatoms. The molecule has 30 nitrogen and oxygen atoms in total. The molecule has 0 aliphatic carbocycles. The maximum atomic E-state index is 12.1. The normalized spacial score (nSPS) is 11.7. The Labute approximate surface area is 443 Å². The van der Waals surface area contributed by atoms with Crippen LogP contribution in [-0.4, -0.2) is 123 Å². The van der Waals surface area contributed by atoms with Crippen molar-refractivity contribution in [1.82, 2.24) is 39.9 Å². The molecule has 8 aromatic rings. The van der Waals surface area contributed by atoms with Crippen molar-refractivity contribution in [3.05, 3.63) is 108 Å². The average molecular weight is 1200 g/mol. The number of hydrogen-bond donors (Lipinski definition) is 8. The van der Waals surface area contributed by atoms with Gasteiger partial charge in [-0.05, 0) is 76.1 Å². The number of urea groups is 1. The minimum Gasteiger partial charge on any atom is -0.478 e. The van der Waals surface area contributed by atoms with Crippen LogP contribution in [0.2, 0.25) is 0 Å². The van der Waals surface area contributed by atoms with Gasteiger partial charge in [-0.15, -0.1) is 12.6 Å². The topological polar surface area (TPSA) is 518 Å². The van der Waals surface area contributed by atoms with E-state index in [-0.39, 0.29) is 92.8 Å². The molecule has 2 aliphatic heterocycles. The molecular weight excluding hydrogens is 1180 g/mol. The Balaban J connectivity index is 0.000000321. The van der Waals surface area contributed by atoms with E-state index in [2.05, 4.69) is 46.4 Å². The van der Waals surface area contributed by atoms with Gasteiger partial charge in [0.25, 0.3) is 40.5 Å². The third-order valence-electron chi connectivity index (χ3n) is 10.2. The van der Waals surface area contributed by atoms with Gasteiger partial charge in [-0.1, -0.05) is 42.5 Å². The monoisotopic (exact) mass is 1200 g/mol. The summed E-state index contributed by atoms with van der Waals surface area (Å²) >= 11 is 0. The van der Waals surface area contributed by atoms with Crippen LogP contribution in [0.3, 0.4) is 0 Å². The van der Waals surface area contributed by atoms with E-state index in [4.69, 9.17) is 37.2 Å². The van der Waals surface area contributed by atoms with E-state index in [1.54, 1.807) is 24.3 Å². The zero-order valence-electron chi connectivity index (χ0n) is 37.6. The molecule has 0 spiro atoms. The first-order chi connectivity index (χ1) is 35.3. The fourth-order valence-corrected chi connectivity index (χ4v) is 9.11. The maximum absolute atomic E-state index is 12.1. The molecular formula is C41H26N10O20S5Zn. The van der Waals surface area contributed by atoms with Crippen molar-refractivity contribution in [2.75, 3.05) is 0 Å². The Morgan fingerprint density at radius 2 is 0.714 bits per heavy atom. The van der Waals surface area contributed by atoms with Crippen molar-refractivity contribution >= 4 is 113 Å². The first-order valence-electron chi connectivity index (χ1n) is 19.9. The molecule has 5 heterocycles. The number of fused-ring (bicyclic) bond motifs is 20. The fraction of sp³-hybridized carbons (Fsp3) is 0. The maximum Gasteiger partial charge on any atom is 2.00 e. The Hall–Kier alpha value is -8.45. The van der Waals surface area contributed by atoms with Crippen LogP contribution >= 0.6 is 0 Å². The zero-order chi connectivity index (χ0) is 56.0. The summed E-state index contributed by atoms with van der Waals surface area (Å²) in [5.74, 6) is -3.14. The molecule has 5 aromatic carbocycles. The Morgan fingerprint density at radius 1 is 0.416 bits per heavy atom. The molecule has 2 aliphatic rings. The van der Waals surface area contributed by atoms with Crippen molar-refractivity contribution in [1.29, 1.82) is 0 Å². The number of hydrogen-bond acceptors (Lipinski definition) is 20. The number of nitrogens with two attached hydrogens (primary N) is 2. The van der Waals surface area contributed by atoms with Crippen LogP contribution in [0, 0.1) is 0 Å². The van der Waals surface area contributed by atoms with Gasteiger partial charge in [-0.3, -0.25) is 18.2 Å². The molecule has 0 saturated heterocycles. The molecule has 392 valence electrons. The second-order valence-electron chi connectivity index (χ2n) is 15.0. The molecule has 10 N–H and O–H groups in total. The number of carboxylic acids is 2. The summed E-state index contributed by atoms with van der Waals surface area (Å²) in [5.41, 5.74) is 8.34. The van der Waals surface area contributed by atoms with Crippen molar-refractivity contribution in [3.8, 4) is 45.6 Å². The minimum atomic E-state index is -4.69. The number of carboxylic acid groups (broad SMARTS) is 2. The SMILES string of the molecule is NC(N)=O.O=C(O)c1ccc(S(=O)(=O)O)cc1C(=O)O.O=S(=O)(O)c1ccc2c(c1)-c1nc-2nc2[n-]c(nc3nc(nc4[n-]c(n1)c1ccccc41)-c1ccc(S(=O)(=O)O)cc1-3)c1ccc(S(=O)(=O)O)cc21.O=S(=O)=O.[Zn+2]. The van der Waals surface area contributed by atoms with Gasteiger partial charge in [-0.2, -0.15) is 33.7 Å². The summed E-state index contributed by atoms with van der Waals surface area (Å²) in [6.07, 6.45) is 0. The van der Waals surface area contributed by atoms with Crippen LogP contribution < -0.4 is 21.4 Å². The van der Waals surface area contributed by atoms with E-state index in [0.717, 1.165) is 30.3 Å². The van der Waals surface area contributed by atoms with Gasteiger partial charge in [0.15, 0.2) is 0 Å². The van der Waals surface area contributed by atoms with Crippen molar-refractivity contribution in [2.45, 2.75) is 19.6 Å². The van der Waals surface area contributed by atoms with E-state index in [9.17, 15) is 56.9 Å². The van der Waals surface area contributed by atoms with Crippen LogP contribution in [0.15, 0.2) is 117 Å². The fourth-order valence-electron chi connectivity index (χ4n) is 7.08. The first kappa shape index (κ1) is 57.8. The third-order valence-corrected chi connectivity index (χ3v) is 13.6. The smallest absolute Gasteiger partial charge is 0.478 e. The quantitative estimate of drug-likeness (QED) is 0.0874. The molecule has 0 atom stereocenters. The van der Waals surface area contributed by atoms with Crippen molar-refractivity contribution < 1.29 is 109 Å². The molecule has 77 heavy (non-hydrogen) atoms. The number of amides is 2. The van der Waals surface area contributed by atoms with Gasteiger partial charge in [0.1, 0.15) is 0 Å². The molecule has 0 radical (unpaired) electrons. The Kier molecular flexibility index (Phi) is 16.3. The van der Waals surface area contributed by atoms with E-state index < -0.39 is 99.8 Å². The van der Waals surface area contributed by atoms with Crippen molar-refractivity contribution in [3.63, 3.8) is 0 Å². The summed E-state index contributed by atoms with van der Waals surface area (Å²) in [6, 6.07) is 19.4. The average Bonchev–Trinajstić information content (AvgIpc) is 4.05. The number of aromatic carboxylic acids is 2. The van der Waals surface area contributed by atoms with Crippen LogP contribution in [-0.2, 0) is 70.6 Å². The Morgan fingerprint density at radius 3 is 1.08 bits per heavy atom. The summed E-state index contributed by atoms with van der Waals surface area (Å²) in [6.45, 7) is 0. The minimum absolute atomic E-state index is 0. The number of carbonyl (C=O) groups is 3. The number of aromatic nitrogens is 8. The van der Waals surface area contributed by atoms with Crippen molar-refractivity contribution in [2.24, 2.45) is 11.5 Å². The number of carbonyl (C=O) groups excluding carboxylic acids is 1.